The first kappa shape index (κ1) is 13.9. The van der Waals surface area contributed by atoms with Crippen molar-refractivity contribution in [1.29, 1.82) is 5.26 Å². The monoisotopic (exact) mass is 277 g/mol. The average molecular weight is 277 g/mol. The Balaban J connectivity index is 2.09. The number of benzene rings is 2. The van der Waals surface area contributed by atoms with Gasteiger partial charge >= 0.3 is 6.18 Å². The van der Waals surface area contributed by atoms with E-state index in [4.69, 9.17) is 10.00 Å². The van der Waals surface area contributed by atoms with Crippen LogP contribution in [0.1, 0.15) is 16.7 Å². The lowest BCUT2D eigenvalue weighted by atomic mass is 10.1. The van der Waals surface area contributed by atoms with Crippen LogP contribution in [0.5, 0.6) is 5.75 Å². The van der Waals surface area contributed by atoms with Gasteiger partial charge in [-0.2, -0.15) is 18.4 Å². The maximum atomic E-state index is 12.6. The fourth-order valence-corrected chi connectivity index (χ4v) is 1.66. The molecule has 0 aliphatic carbocycles. The molecule has 0 heterocycles. The molecule has 0 aromatic heterocycles. The van der Waals surface area contributed by atoms with Gasteiger partial charge in [-0.25, -0.2) is 0 Å². The van der Waals surface area contributed by atoms with Gasteiger partial charge in [0, 0.05) is 0 Å². The van der Waals surface area contributed by atoms with Crippen LogP contribution in [0.15, 0.2) is 48.5 Å². The lowest BCUT2D eigenvalue weighted by Gasteiger charge is -2.10. The second-order valence-corrected chi connectivity index (χ2v) is 4.13. The number of nitrogens with zero attached hydrogens (tertiary/aromatic N) is 1. The molecule has 0 atom stereocenters. The van der Waals surface area contributed by atoms with E-state index in [-0.39, 0.29) is 6.61 Å². The van der Waals surface area contributed by atoms with Gasteiger partial charge < -0.3 is 4.74 Å². The minimum atomic E-state index is -4.36. The summed E-state index contributed by atoms with van der Waals surface area (Å²) in [6, 6.07) is 13.4. The van der Waals surface area contributed by atoms with E-state index < -0.39 is 11.7 Å². The average Bonchev–Trinajstić information content (AvgIpc) is 2.45. The quantitative estimate of drug-likeness (QED) is 0.844. The number of rotatable bonds is 3. The summed E-state index contributed by atoms with van der Waals surface area (Å²) in [5, 5.41) is 8.74. The molecule has 5 heteroatoms. The van der Waals surface area contributed by atoms with Gasteiger partial charge in [0.25, 0.3) is 0 Å². The minimum absolute atomic E-state index is 0.0127. The lowest BCUT2D eigenvalue weighted by molar-refractivity contribution is -0.137. The Morgan fingerprint density at radius 1 is 1.05 bits per heavy atom. The van der Waals surface area contributed by atoms with Crippen LogP contribution in [0.25, 0.3) is 0 Å². The molecule has 2 aromatic carbocycles. The second kappa shape index (κ2) is 5.66. The third kappa shape index (κ3) is 3.51. The van der Waals surface area contributed by atoms with E-state index in [0.29, 0.717) is 16.9 Å². The van der Waals surface area contributed by atoms with Crippen molar-refractivity contribution in [2.45, 2.75) is 12.8 Å². The zero-order chi connectivity index (χ0) is 14.6. The van der Waals surface area contributed by atoms with Gasteiger partial charge in [-0.15, -0.1) is 0 Å². The van der Waals surface area contributed by atoms with Crippen LogP contribution in [-0.2, 0) is 12.8 Å². The molecule has 0 N–H and O–H groups in total. The maximum Gasteiger partial charge on any atom is 0.416 e. The van der Waals surface area contributed by atoms with Crippen LogP contribution in [0, 0.1) is 11.3 Å². The van der Waals surface area contributed by atoms with E-state index in [1.807, 2.05) is 6.07 Å². The van der Waals surface area contributed by atoms with Crippen LogP contribution in [0.3, 0.4) is 0 Å². The van der Waals surface area contributed by atoms with Gasteiger partial charge in [0.2, 0.25) is 0 Å². The zero-order valence-corrected chi connectivity index (χ0v) is 10.3. The Bertz CT molecular complexity index is 644. The van der Waals surface area contributed by atoms with Crippen molar-refractivity contribution in [1.82, 2.24) is 0 Å². The summed E-state index contributed by atoms with van der Waals surface area (Å²) in [6.07, 6.45) is -4.36. The van der Waals surface area contributed by atoms with E-state index in [1.165, 1.54) is 12.1 Å². The number of alkyl halides is 3. The Hall–Kier alpha value is -2.48. The highest BCUT2D eigenvalue weighted by Gasteiger charge is 2.30. The minimum Gasteiger partial charge on any atom is -0.489 e. The molecular weight excluding hydrogens is 267 g/mol. The third-order valence-corrected chi connectivity index (χ3v) is 2.62. The van der Waals surface area contributed by atoms with Crippen LogP contribution < -0.4 is 4.74 Å². The lowest BCUT2D eigenvalue weighted by Crippen LogP contribution is -2.06. The molecule has 0 amide bonds. The molecule has 2 rings (SSSR count). The van der Waals surface area contributed by atoms with Crippen molar-refractivity contribution in [3.63, 3.8) is 0 Å². The molecular formula is C15H10F3NO. The van der Waals surface area contributed by atoms with Crippen LogP contribution >= 0.6 is 0 Å². The predicted octanol–water partition coefficient (Wildman–Crippen LogP) is 4.16. The smallest absolute Gasteiger partial charge is 0.416 e. The number of nitriles is 1. The van der Waals surface area contributed by atoms with Gasteiger partial charge in [-0.1, -0.05) is 18.2 Å². The summed E-state index contributed by atoms with van der Waals surface area (Å²) in [6.45, 7) is 0.0127. The molecule has 0 radical (unpaired) electrons. The molecule has 0 bridgehead atoms. The first-order chi connectivity index (χ1) is 9.49. The van der Waals surface area contributed by atoms with E-state index in [9.17, 15) is 13.2 Å². The first-order valence-corrected chi connectivity index (χ1v) is 5.78. The summed E-state index contributed by atoms with van der Waals surface area (Å²) in [5.41, 5.74) is 0.151. The second-order valence-electron chi connectivity index (χ2n) is 4.13. The van der Waals surface area contributed by atoms with Gasteiger partial charge in [0.1, 0.15) is 12.4 Å². The first-order valence-electron chi connectivity index (χ1n) is 5.78. The summed E-state index contributed by atoms with van der Waals surface area (Å²) >= 11 is 0. The molecule has 2 nitrogen and oxygen atoms in total. The number of halogens is 3. The zero-order valence-electron chi connectivity index (χ0n) is 10.3. The van der Waals surface area contributed by atoms with Gasteiger partial charge in [-0.05, 0) is 35.9 Å². The van der Waals surface area contributed by atoms with Crippen molar-refractivity contribution >= 4 is 0 Å². The van der Waals surface area contributed by atoms with Crippen molar-refractivity contribution in [2.75, 3.05) is 0 Å². The Morgan fingerprint density at radius 3 is 2.50 bits per heavy atom. The summed E-state index contributed by atoms with van der Waals surface area (Å²) < 4.78 is 43.0. The standard InChI is InChI=1S/C15H10F3NO/c16-15(17,18)13-5-1-4-12(7-13)10-20-14-6-2-3-11(8-14)9-19/h1-8H,10H2. The number of hydrogen-bond acceptors (Lipinski definition) is 2. The molecule has 20 heavy (non-hydrogen) atoms. The highest BCUT2D eigenvalue weighted by molar-refractivity contribution is 5.36. The van der Waals surface area contributed by atoms with Crippen LogP contribution in [0.4, 0.5) is 13.2 Å². The van der Waals surface area contributed by atoms with Gasteiger partial charge in [0.15, 0.2) is 0 Å². The normalized spacial score (nSPS) is 10.9. The summed E-state index contributed by atoms with van der Waals surface area (Å²) in [5.74, 6) is 0.446. The fourth-order valence-electron chi connectivity index (χ4n) is 1.66. The predicted molar refractivity (Wildman–Crippen MR) is 66.9 cm³/mol. The molecule has 2 aromatic rings. The molecule has 0 unspecified atom stereocenters. The van der Waals surface area contributed by atoms with E-state index >= 15 is 0 Å². The third-order valence-electron chi connectivity index (χ3n) is 2.62. The van der Waals surface area contributed by atoms with E-state index in [0.717, 1.165) is 12.1 Å². The molecule has 0 spiro atoms. The van der Waals surface area contributed by atoms with Crippen molar-refractivity contribution < 1.29 is 17.9 Å². The number of ether oxygens (including phenoxy) is 1. The Labute approximate surface area is 114 Å². The highest BCUT2D eigenvalue weighted by atomic mass is 19.4. The van der Waals surface area contributed by atoms with Crippen molar-refractivity contribution in [3.8, 4) is 11.8 Å². The largest absolute Gasteiger partial charge is 0.489 e. The molecule has 0 saturated carbocycles. The van der Waals surface area contributed by atoms with Crippen molar-refractivity contribution in [2.24, 2.45) is 0 Å². The maximum absolute atomic E-state index is 12.6. The number of hydrogen-bond donors (Lipinski definition) is 0. The molecule has 102 valence electrons. The van der Waals surface area contributed by atoms with Crippen LogP contribution in [-0.4, -0.2) is 0 Å². The van der Waals surface area contributed by atoms with E-state index in [2.05, 4.69) is 0 Å². The molecule has 0 fully saturated rings. The highest BCUT2D eigenvalue weighted by Crippen LogP contribution is 2.29. The van der Waals surface area contributed by atoms with Gasteiger partial charge in [-0.3, -0.25) is 0 Å². The topological polar surface area (TPSA) is 33.0 Å². The van der Waals surface area contributed by atoms with Gasteiger partial charge in [0.05, 0.1) is 17.2 Å². The molecule has 0 aliphatic rings. The molecule has 0 aliphatic heterocycles. The Kier molecular flexibility index (Phi) is 3.94. The summed E-state index contributed by atoms with van der Waals surface area (Å²) in [7, 11) is 0. The van der Waals surface area contributed by atoms with Crippen LogP contribution in [0.2, 0.25) is 0 Å². The van der Waals surface area contributed by atoms with Crippen molar-refractivity contribution in [3.05, 3.63) is 65.2 Å². The Morgan fingerprint density at radius 2 is 1.80 bits per heavy atom. The molecule has 0 saturated heterocycles. The SMILES string of the molecule is N#Cc1cccc(OCc2cccc(C(F)(F)F)c2)c1. The van der Waals surface area contributed by atoms with E-state index in [1.54, 1.807) is 24.3 Å². The fraction of sp³-hybridized carbons (Fsp3) is 0.133. The summed E-state index contributed by atoms with van der Waals surface area (Å²) in [4.78, 5) is 0.